The van der Waals surface area contributed by atoms with E-state index >= 15 is 0 Å². The molecule has 0 atom stereocenters. The molecular weight excluding hydrogens is 519 g/mol. The Hall–Kier alpha value is -1.93. The first-order valence-corrected chi connectivity index (χ1v) is 11.7. The Labute approximate surface area is 204 Å². The molecule has 4 rings (SSSR count). The van der Waals surface area contributed by atoms with Gasteiger partial charge in [-0.25, -0.2) is 9.97 Å². The number of anilines is 1. The molecule has 0 saturated heterocycles. The number of benzene rings is 2. The van der Waals surface area contributed by atoms with Gasteiger partial charge in [0.05, 0.1) is 27.1 Å². The summed E-state index contributed by atoms with van der Waals surface area (Å²) < 4.78 is 3.89. The molecule has 0 aliphatic carbocycles. The second-order valence-corrected chi connectivity index (χ2v) is 9.18. The number of aromatic nitrogens is 3. The number of imidazole rings is 1. The summed E-state index contributed by atoms with van der Waals surface area (Å²) in [5, 5.41) is 1.12. The van der Waals surface area contributed by atoms with Gasteiger partial charge in [-0.05, 0) is 42.7 Å². The number of thiazole rings is 1. The number of amides is 1. The summed E-state index contributed by atoms with van der Waals surface area (Å²) >= 11 is 11.3. The zero-order chi connectivity index (χ0) is 21.1. The number of carbonyl (C=O) groups excluding carboxylic acids is 1. The molecule has 2 aromatic carbocycles. The van der Waals surface area contributed by atoms with Gasteiger partial charge in [0, 0.05) is 30.0 Å². The van der Waals surface area contributed by atoms with E-state index in [0.29, 0.717) is 22.3 Å². The SMILES string of the molecule is CCc1cccc2sc(N(CCCn3ccnc3)C(=O)c3cc(Br)ccc3Cl)nc12.Cl. The van der Waals surface area contributed by atoms with Crippen molar-refractivity contribution in [2.75, 3.05) is 11.4 Å². The molecule has 0 unspecified atom stereocenters. The number of aryl methyl sites for hydroxylation is 2. The molecule has 162 valence electrons. The fourth-order valence-electron chi connectivity index (χ4n) is 3.32. The first-order chi connectivity index (χ1) is 14.6. The van der Waals surface area contributed by atoms with Gasteiger partial charge in [0.25, 0.3) is 5.91 Å². The quantitative estimate of drug-likeness (QED) is 0.265. The lowest BCUT2D eigenvalue weighted by Crippen LogP contribution is -2.32. The molecule has 0 saturated carbocycles. The predicted octanol–water partition coefficient (Wildman–Crippen LogP) is 6.63. The molecule has 0 spiro atoms. The molecule has 2 aromatic heterocycles. The van der Waals surface area contributed by atoms with Crippen LogP contribution in [0.4, 0.5) is 5.13 Å². The lowest BCUT2D eigenvalue weighted by atomic mass is 10.1. The van der Waals surface area contributed by atoms with Crippen molar-refractivity contribution in [3.05, 3.63) is 75.7 Å². The minimum absolute atomic E-state index is 0. The van der Waals surface area contributed by atoms with E-state index in [1.54, 1.807) is 29.6 Å². The molecule has 2 heterocycles. The lowest BCUT2D eigenvalue weighted by molar-refractivity contribution is 0.0986. The molecule has 0 fully saturated rings. The highest BCUT2D eigenvalue weighted by molar-refractivity contribution is 9.10. The zero-order valence-electron chi connectivity index (χ0n) is 16.8. The van der Waals surface area contributed by atoms with Crippen molar-refractivity contribution >= 4 is 72.5 Å². The third-order valence-electron chi connectivity index (χ3n) is 4.86. The topological polar surface area (TPSA) is 51.0 Å². The van der Waals surface area contributed by atoms with Gasteiger partial charge >= 0.3 is 0 Å². The lowest BCUT2D eigenvalue weighted by Gasteiger charge is -2.21. The smallest absolute Gasteiger partial charge is 0.261 e. The van der Waals surface area contributed by atoms with Gasteiger partial charge in [-0.15, -0.1) is 12.4 Å². The molecule has 31 heavy (non-hydrogen) atoms. The Morgan fingerprint density at radius 2 is 2.13 bits per heavy atom. The molecule has 0 N–H and O–H groups in total. The van der Waals surface area contributed by atoms with Crippen molar-refractivity contribution in [3.8, 4) is 0 Å². The molecule has 0 aliphatic rings. The number of rotatable bonds is 7. The highest BCUT2D eigenvalue weighted by Crippen LogP contribution is 2.33. The maximum atomic E-state index is 13.5. The van der Waals surface area contributed by atoms with Gasteiger partial charge in [0.1, 0.15) is 0 Å². The Morgan fingerprint density at radius 1 is 1.29 bits per heavy atom. The van der Waals surface area contributed by atoms with Gasteiger partial charge in [-0.2, -0.15) is 0 Å². The number of nitrogens with zero attached hydrogens (tertiary/aromatic N) is 4. The monoisotopic (exact) mass is 538 g/mol. The summed E-state index contributed by atoms with van der Waals surface area (Å²) in [5.41, 5.74) is 2.61. The number of carbonyl (C=O) groups is 1. The van der Waals surface area contributed by atoms with E-state index in [-0.39, 0.29) is 18.3 Å². The molecule has 4 aromatic rings. The van der Waals surface area contributed by atoms with Crippen LogP contribution >= 0.6 is 51.3 Å². The molecule has 9 heteroatoms. The zero-order valence-corrected chi connectivity index (χ0v) is 20.8. The van der Waals surface area contributed by atoms with E-state index in [2.05, 4.69) is 40.0 Å². The van der Waals surface area contributed by atoms with Crippen molar-refractivity contribution in [1.82, 2.24) is 14.5 Å². The van der Waals surface area contributed by atoms with E-state index in [0.717, 1.165) is 34.1 Å². The largest absolute Gasteiger partial charge is 0.337 e. The van der Waals surface area contributed by atoms with E-state index in [9.17, 15) is 4.79 Å². The fraction of sp³-hybridized carbons (Fsp3) is 0.227. The summed E-state index contributed by atoms with van der Waals surface area (Å²) in [7, 11) is 0. The normalized spacial score (nSPS) is 10.8. The molecule has 1 amide bonds. The Kier molecular flexibility index (Phi) is 8.11. The van der Waals surface area contributed by atoms with Crippen LogP contribution in [0.15, 0.2) is 59.6 Å². The van der Waals surface area contributed by atoms with E-state index in [1.165, 1.54) is 16.9 Å². The number of para-hydroxylation sites is 1. The van der Waals surface area contributed by atoms with Gasteiger partial charge in [-0.1, -0.05) is 57.9 Å². The summed E-state index contributed by atoms with van der Waals surface area (Å²) in [5.74, 6) is -0.149. The van der Waals surface area contributed by atoms with Crippen molar-refractivity contribution in [2.24, 2.45) is 0 Å². The van der Waals surface area contributed by atoms with Crippen molar-refractivity contribution < 1.29 is 4.79 Å². The summed E-state index contributed by atoms with van der Waals surface area (Å²) in [6, 6.07) is 11.5. The number of hydrogen-bond donors (Lipinski definition) is 0. The van der Waals surface area contributed by atoms with E-state index in [1.807, 2.05) is 22.9 Å². The molecule has 0 aliphatic heterocycles. The van der Waals surface area contributed by atoms with Crippen molar-refractivity contribution in [1.29, 1.82) is 0 Å². The first-order valence-electron chi connectivity index (χ1n) is 9.68. The number of hydrogen-bond acceptors (Lipinski definition) is 4. The molecule has 0 radical (unpaired) electrons. The Bertz CT molecular complexity index is 1180. The fourth-order valence-corrected chi connectivity index (χ4v) is 4.91. The van der Waals surface area contributed by atoms with Crippen LogP contribution < -0.4 is 4.90 Å². The highest BCUT2D eigenvalue weighted by Gasteiger charge is 2.23. The van der Waals surface area contributed by atoms with Crippen molar-refractivity contribution in [3.63, 3.8) is 0 Å². The van der Waals surface area contributed by atoms with Crippen LogP contribution in [-0.2, 0) is 13.0 Å². The minimum Gasteiger partial charge on any atom is -0.337 e. The molecular formula is C22H21BrCl2N4OS. The van der Waals surface area contributed by atoms with E-state index in [4.69, 9.17) is 16.6 Å². The Morgan fingerprint density at radius 3 is 2.87 bits per heavy atom. The van der Waals surface area contributed by atoms with Gasteiger partial charge < -0.3 is 4.57 Å². The summed E-state index contributed by atoms with van der Waals surface area (Å²) in [6.07, 6.45) is 7.12. The maximum Gasteiger partial charge on any atom is 0.261 e. The Balaban J connectivity index is 0.00000272. The van der Waals surface area contributed by atoms with Crippen LogP contribution in [0, 0.1) is 0 Å². The number of fused-ring (bicyclic) bond motifs is 1. The van der Waals surface area contributed by atoms with Gasteiger partial charge in [0.2, 0.25) is 0 Å². The van der Waals surface area contributed by atoms with Crippen LogP contribution in [0.1, 0.15) is 29.3 Å². The second-order valence-electron chi connectivity index (χ2n) is 6.85. The summed E-state index contributed by atoms with van der Waals surface area (Å²) in [4.78, 5) is 24.2. The van der Waals surface area contributed by atoms with Crippen LogP contribution in [0.3, 0.4) is 0 Å². The average Bonchev–Trinajstić information content (AvgIpc) is 3.41. The van der Waals surface area contributed by atoms with Crippen molar-refractivity contribution in [2.45, 2.75) is 26.3 Å². The molecule has 5 nitrogen and oxygen atoms in total. The van der Waals surface area contributed by atoms with E-state index < -0.39 is 0 Å². The van der Waals surface area contributed by atoms with Gasteiger partial charge in [-0.3, -0.25) is 9.69 Å². The number of halogens is 3. The molecule has 0 bridgehead atoms. The predicted molar refractivity (Wildman–Crippen MR) is 134 cm³/mol. The third-order valence-corrected chi connectivity index (χ3v) is 6.73. The van der Waals surface area contributed by atoms with Crippen LogP contribution in [0.2, 0.25) is 5.02 Å². The van der Waals surface area contributed by atoms with Gasteiger partial charge in [0.15, 0.2) is 5.13 Å². The standard InChI is InChI=1S/C22H20BrClN4OS.ClH/c1-2-15-5-3-6-19-20(15)26-22(30-19)28(11-4-10-27-12-9-25-14-27)21(29)17-13-16(23)7-8-18(17)24;/h3,5-9,12-14H,2,4,10-11H2,1H3;1H. The first kappa shape index (κ1) is 23.7. The maximum absolute atomic E-state index is 13.5. The third kappa shape index (κ3) is 5.29. The minimum atomic E-state index is -0.149. The average molecular weight is 540 g/mol. The van der Waals surface area contributed by atoms with Crippen LogP contribution in [0.5, 0.6) is 0 Å². The highest BCUT2D eigenvalue weighted by atomic mass is 79.9. The van der Waals surface area contributed by atoms with Crippen LogP contribution in [0.25, 0.3) is 10.2 Å². The second kappa shape index (κ2) is 10.6. The van der Waals surface area contributed by atoms with Crippen LogP contribution in [-0.4, -0.2) is 27.0 Å². The summed E-state index contributed by atoms with van der Waals surface area (Å²) in [6.45, 7) is 3.41.